The molecule has 0 bridgehead atoms. The normalized spacial score (nSPS) is 21.6. The number of sulfonamides is 1. The van der Waals surface area contributed by atoms with Gasteiger partial charge in [0.15, 0.2) is 0 Å². The number of hydrogen-bond donors (Lipinski definition) is 1. The van der Waals surface area contributed by atoms with Crippen LogP contribution in [0.25, 0.3) is 0 Å². The molecule has 138 valence electrons. The van der Waals surface area contributed by atoms with E-state index < -0.39 is 10.0 Å². The van der Waals surface area contributed by atoms with Crippen molar-refractivity contribution < 1.29 is 13.2 Å². The highest BCUT2D eigenvalue weighted by molar-refractivity contribution is 7.89. The quantitative estimate of drug-likeness (QED) is 0.884. The van der Waals surface area contributed by atoms with Gasteiger partial charge in [0, 0.05) is 24.2 Å². The molecule has 6 heteroatoms. The van der Waals surface area contributed by atoms with Crippen molar-refractivity contribution in [2.75, 3.05) is 18.4 Å². The Morgan fingerprint density at radius 2 is 1.68 bits per heavy atom. The van der Waals surface area contributed by atoms with E-state index in [2.05, 4.69) is 5.32 Å². The van der Waals surface area contributed by atoms with Crippen LogP contribution in [0.5, 0.6) is 0 Å². The van der Waals surface area contributed by atoms with Gasteiger partial charge in [-0.3, -0.25) is 4.79 Å². The minimum absolute atomic E-state index is 0.00526. The van der Waals surface area contributed by atoms with E-state index in [4.69, 9.17) is 0 Å². The lowest BCUT2D eigenvalue weighted by Gasteiger charge is -2.23. The van der Waals surface area contributed by atoms with E-state index in [1.165, 1.54) is 0 Å². The first-order chi connectivity index (χ1) is 11.9. The van der Waals surface area contributed by atoms with Gasteiger partial charge in [-0.1, -0.05) is 38.7 Å². The van der Waals surface area contributed by atoms with Crippen LogP contribution in [0.2, 0.25) is 0 Å². The molecule has 2 fully saturated rings. The number of anilines is 1. The van der Waals surface area contributed by atoms with E-state index >= 15 is 0 Å². The smallest absolute Gasteiger partial charge is 0.243 e. The summed E-state index contributed by atoms with van der Waals surface area (Å²) in [5.41, 5.74) is 0.230. The largest absolute Gasteiger partial charge is 0.326 e. The van der Waals surface area contributed by atoms with Crippen molar-refractivity contribution in [3.05, 3.63) is 24.3 Å². The van der Waals surface area contributed by atoms with Crippen LogP contribution in [-0.2, 0) is 14.8 Å². The Hall–Kier alpha value is -1.40. The second-order valence-electron chi connectivity index (χ2n) is 7.57. The van der Waals surface area contributed by atoms with Crippen molar-refractivity contribution in [2.45, 2.75) is 63.2 Å². The highest BCUT2D eigenvalue weighted by Gasteiger charge is 2.36. The molecule has 25 heavy (non-hydrogen) atoms. The van der Waals surface area contributed by atoms with Crippen molar-refractivity contribution in [3.63, 3.8) is 0 Å². The fourth-order valence-corrected chi connectivity index (χ4v) is 5.39. The Morgan fingerprint density at radius 3 is 2.32 bits per heavy atom. The van der Waals surface area contributed by atoms with Gasteiger partial charge in [-0.2, -0.15) is 4.31 Å². The molecule has 1 saturated carbocycles. The van der Waals surface area contributed by atoms with Crippen LogP contribution in [0.15, 0.2) is 29.2 Å². The van der Waals surface area contributed by atoms with Crippen molar-refractivity contribution >= 4 is 21.6 Å². The Balaban J connectivity index is 1.77. The number of rotatable bonds is 4. The maximum absolute atomic E-state index is 12.9. The molecule has 1 heterocycles. The van der Waals surface area contributed by atoms with Crippen LogP contribution in [0.4, 0.5) is 5.69 Å². The highest BCUT2D eigenvalue weighted by Crippen LogP contribution is 2.38. The number of nitrogens with zero attached hydrogens (tertiary/aromatic N) is 1. The third-order valence-electron chi connectivity index (χ3n) is 5.55. The molecular formula is C19H28N2O3S. The molecule has 1 aliphatic heterocycles. The maximum Gasteiger partial charge on any atom is 0.243 e. The fourth-order valence-electron chi connectivity index (χ4n) is 3.83. The molecular weight excluding hydrogens is 336 g/mol. The summed E-state index contributed by atoms with van der Waals surface area (Å²) in [7, 11) is -3.50. The van der Waals surface area contributed by atoms with Gasteiger partial charge in [0.2, 0.25) is 15.9 Å². The maximum atomic E-state index is 12.9. The standard InChI is InChI=1S/C19H28N2O3S/c1-19(11-4-5-12-19)18(22)20-16-9-8-10-17(15-16)25(23,24)21-13-6-2-3-7-14-21/h8-10,15H,2-7,11-14H2,1H3,(H,20,22). The van der Waals surface area contributed by atoms with E-state index in [0.717, 1.165) is 51.4 Å². The number of benzene rings is 1. The zero-order valence-corrected chi connectivity index (χ0v) is 15.8. The average Bonchev–Trinajstić information content (AvgIpc) is 2.86. The Labute approximate surface area is 150 Å². The minimum Gasteiger partial charge on any atom is -0.326 e. The first-order valence-electron chi connectivity index (χ1n) is 9.34. The van der Waals surface area contributed by atoms with E-state index in [9.17, 15) is 13.2 Å². The number of hydrogen-bond acceptors (Lipinski definition) is 3. The summed E-state index contributed by atoms with van der Waals surface area (Å²) in [5.74, 6) is -0.00526. The Bertz CT molecular complexity index is 716. The lowest BCUT2D eigenvalue weighted by atomic mass is 9.88. The molecule has 0 radical (unpaired) electrons. The number of carbonyl (C=O) groups excluding carboxylic acids is 1. The fraction of sp³-hybridized carbons (Fsp3) is 0.632. The van der Waals surface area contributed by atoms with E-state index in [1.807, 2.05) is 6.92 Å². The van der Waals surface area contributed by atoms with Crippen LogP contribution >= 0.6 is 0 Å². The first-order valence-corrected chi connectivity index (χ1v) is 10.8. The van der Waals surface area contributed by atoms with Gasteiger partial charge in [-0.15, -0.1) is 0 Å². The third-order valence-corrected chi connectivity index (χ3v) is 7.44. The molecule has 1 N–H and O–H groups in total. The molecule has 1 aromatic carbocycles. The van der Waals surface area contributed by atoms with Crippen LogP contribution < -0.4 is 5.32 Å². The molecule has 1 amide bonds. The van der Waals surface area contributed by atoms with Crippen molar-refractivity contribution in [2.24, 2.45) is 5.41 Å². The molecule has 0 unspecified atom stereocenters. The monoisotopic (exact) mass is 364 g/mol. The van der Waals surface area contributed by atoms with Crippen LogP contribution in [0.3, 0.4) is 0 Å². The van der Waals surface area contributed by atoms with Gasteiger partial charge in [0.05, 0.1) is 4.90 Å². The molecule has 0 aromatic heterocycles. The first kappa shape index (κ1) is 18.4. The molecule has 2 aliphatic rings. The van der Waals surface area contributed by atoms with Gasteiger partial charge >= 0.3 is 0 Å². The predicted octanol–water partition coefficient (Wildman–Crippen LogP) is 3.77. The number of carbonyl (C=O) groups is 1. The topological polar surface area (TPSA) is 66.5 Å². The molecule has 1 aliphatic carbocycles. The van der Waals surface area contributed by atoms with Gasteiger partial charge in [0.25, 0.3) is 0 Å². The summed E-state index contributed by atoms with van der Waals surface area (Å²) < 4.78 is 27.4. The predicted molar refractivity (Wildman–Crippen MR) is 98.9 cm³/mol. The Morgan fingerprint density at radius 1 is 1.04 bits per heavy atom. The molecule has 5 nitrogen and oxygen atoms in total. The lowest BCUT2D eigenvalue weighted by molar-refractivity contribution is -0.124. The molecule has 0 spiro atoms. The SMILES string of the molecule is CC1(C(=O)Nc2cccc(S(=O)(=O)N3CCCCCC3)c2)CCCC1. The van der Waals surface area contributed by atoms with Crippen molar-refractivity contribution in [3.8, 4) is 0 Å². The minimum atomic E-state index is -3.50. The number of amides is 1. The number of nitrogens with one attached hydrogen (secondary N) is 1. The molecule has 1 saturated heterocycles. The zero-order chi connectivity index (χ0) is 17.9. The molecule has 3 rings (SSSR count). The third kappa shape index (κ3) is 4.06. The zero-order valence-electron chi connectivity index (χ0n) is 15.0. The summed E-state index contributed by atoms with van der Waals surface area (Å²) in [6.07, 6.45) is 7.93. The van der Waals surface area contributed by atoms with Crippen LogP contribution in [0.1, 0.15) is 58.3 Å². The summed E-state index contributed by atoms with van der Waals surface area (Å²) in [6, 6.07) is 6.68. The highest BCUT2D eigenvalue weighted by atomic mass is 32.2. The van der Waals surface area contributed by atoms with Gasteiger partial charge in [0.1, 0.15) is 0 Å². The second kappa shape index (κ2) is 7.46. The molecule has 1 aromatic rings. The second-order valence-corrected chi connectivity index (χ2v) is 9.51. The van der Waals surface area contributed by atoms with Gasteiger partial charge < -0.3 is 5.32 Å². The Kier molecular flexibility index (Phi) is 5.49. The molecule has 0 atom stereocenters. The lowest BCUT2D eigenvalue weighted by Crippen LogP contribution is -2.32. The van der Waals surface area contributed by atoms with E-state index in [0.29, 0.717) is 18.8 Å². The van der Waals surface area contributed by atoms with Gasteiger partial charge in [-0.05, 0) is 43.9 Å². The van der Waals surface area contributed by atoms with Gasteiger partial charge in [-0.25, -0.2) is 8.42 Å². The average molecular weight is 365 g/mol. The summed E-state index contributed by atoms with van der Waals surface area (Å²) in [4.78, 5) is 12.8. The van der Waals surface area contributed by atoms with Crippen molar-refractivity contribution in [1.29, 1.82) is 0 Å². The van der Waals surface area contributed by atoms with Crippen molar-refractivity contribution in [1.82, 2.24) is 4.31 Å². The van der Waals surface area contributed by atoms with Crippen LogP contribution in [-0.4, -0.2) is 31.7 Å². The van der Waals surface area contributed by atoms with E-state index in [1.54, 1.807) is 28.6 Å². The van der Waals surface area contributed by atoms with Crippen LogP contribution in [0, 0.1) is 5.41 Å². The summed E-state index contributed by atoms with van der Waals surface area (Å²) in [6.45, 7) is 3.15. The summed E-state index contributed by atoms with van der Waals surface area (Å²) >= 11 is 0. The summed E-state index contributed by atoms with van der Waals surface area (Å²) in [5, 5.41) is 2.93. The van der Waals surface area contributed by atoms with E-state index in [-0.39, 0.29) is 16.2 Å².